The zero-order valence-electron chi connectivity index (χ0n) is 11.5. The molecule has 3 rings (SSSR count). The van der Waals surface area contributed by atoms with Crippen LogP contribution in [-0.2, 0) is 0 Å². The lowest BCUT2D eigenvalue weighted by Crippen LogP contribution is -2.08. The van der Waals surface area contributed by atoms with Crippen LogP contribution >= 0.6 is 46.4 Å². The molecule has 0 amide bonds. The molecule has 23 heavy (non-hydrogen) atoms. The molecule has 0 unspecified atom stereocenters. The second-order valence-electron chi connectivity index (χ2n) is 4.87. The van der Waals surface area contributed by atoms with Gasteiger partial charge in [0.1, 0.15) is 0 Å². The highest BCUT2D eigenvalue weighted by atomic mass is 35.5. The number of hydrogen-bond acceptors (Lipinski definition) is 1. The largest absolute Gasteiger partial charge is 0.366 e. The Morgan fingerprint density at radius 2 is 1.09 bits per heavy atom. The number of hydrogen-bond donors (Lipinski definition) is 1. The average Bonchev–Trinajstić information content (AvgIpc) is 2.53. The van der Waals surface area contributed by atoms with Gasteiger partial charge in [0.05, 0.1) is 20.1 Å². The van der Waals surface area contributed by atoms with E-state index in [1.165, 1.54) is 0 Å². The van der Waals surface area contributed by atoms with E-state index in [2.05, 4.69) is 4.98 Å². The summed E-state index contributed by atoms with van der Waals surface area (Å²) >= 11 is 23.9. The molecule has 1 heterocycles. The first-order valence-corrected chi connectivity index (χ1v) is 8.10. The van der Waals surface area contributed by atoms with Crippen molar-refractivity contribution < 1.29 is 0 Å². The molecule has 0 saturated carbocycles. The van der Waals surface area contributed by atoms with Crippen molar-refractivity contribution in [1.82, 2.24) is 4.98 Å². The van der Waals surface area contributed by atoms with Crippen LogP contribution in [0.2, 0.25) is 20.1 Å². The minimum absolute atomic E-state index is 0.138. The monoisotopic (exact) mass is 383 g/mol. The molecule has 0 spiro atoms. The van der Waals surface area contributed by atoms with Crippen LogP contribution in [0, 0.1) is 0 Å². The maximum atomic E-state index is 12.8. The van der Waals surface area contributed by atoms with Crippen molar-refractivity contribution in [2.24, 2.45) is 0 Å². The van der Waals surface area contributed by atoms with E-state index in [0.29, 0.717) is 42.3 Å². The first kappa shape index (κ1) is 16.4. The fraction of sp³-hybridized carbons (Fsp3) is 0. The van der Waals surface area contributed by atoms with Crippen molar-refractivity contribution in [3.63, 3.8) is 0 Å². The van der Waals surface area contributed by atoms with Crippen LogP contribution in [0.1, 0.15) is 0 Å². The van der Waals surface area contributed by atoms with E-state index in [1.807, 2.05) is 0 Å². The molecule has 6 heteroatoms. The van der Waals surface area contributed by atoms with Crippen LogP contribution < -0.4 is 5.43 Å². The van der Waals surface area contributed by atoms with Gasteiger partial charge in [0.2, 0.25) is 0 Å². The molecule has 0 radical (unpaired) electrons. The first-order valence-electron chi connectivity index (χ1n) is 6.59. The molecule has 2 aromatic carbocycles. The standard InChI is InChI=1S/C17H9Cl4NO/c18-13-3-1-9(5-15(13)20)11-7-22-8-12(17(11)23)10-2-4-14(19)16(21)6-10/h1-8H,(H,22,23). The first-order chi connectivity index (χ1) is 11.0. The molecule has 116 valence electrons. The van der Waals surface area contributed by atoms with Gasteiger partial charge in [0, 0.05) is 23.5 Å². The van der Waals surface area contributed by atoms with E-state index in [1.54, 1.807) is 48.8 Å². The van der Waals surface area contributed by atoms with Crippen molar-refractivity contribution >= 4 is 46.4 Å². The van der Waals surface area contributed by atoms with Gasteiger partial charge in [-0.3, -0.25) is 4.79 Å². The van der Waals surface area contributed by atoms with Gasteiger partial charge in [-0.1, -0.05) is 58.5 Å². The molecule has 2 nitrogen and oxygen atoms in total. The van der Waals surface area contributed by atoms with E-state index in [9.17, 15) is 4.79 Å². The minimum Gasteiger partial charge on any atom is -0.366 e. The van der Waals surface area contributed by atoms with Crippen LogP contribution in [0.4, 0.5) is 0 Å². The Hall–Kier alpha value is -1.45. The molecular weight excluding hydrogens is 376 g/mol. The molecule has 0 fully saturated rings. The number of nitrogens with one attached hydrogen (secondary N) is 1. The lowest BCUT2D eigenvalue weighted by Gasteiger charge is -2.07. The number of H-pyrrole nitrogens is 1. The number of rotatable bonds is 2. The third-order valence-corrected chi connectivity index (χ3v) is 4.88. The average molecular weight is 385 g/mol. The maximum absolute atomic E-state index is 12.8. The Bertz CT molecular complexity index is 877. The lowest BCUT2D eigenvalue weighted by molar-refractivity contribution is 1.30. The normalized spacial score (nSPS) is 10.8. The van der Waals surface area contributed by atoms with Gasteiger partial charge in [0.25, 0.3) is 0 Å². The smallest absolute Gasteiger partial charge is 0.197 e. The summed E-state index contributed by atoms with van der Waals surface area (Å²) in [5.41, 5.74) is 2.21. The highest BCUT2D eigenvalue weighted by Gasteiger charge is 2.12. The number of pyridine rings is 1. The minimum atomic E-state index is -0.138. The fourth-order valence-electron chi connectivity index (χ4n) is 2.24. The molecule has 3 aromatic rings. The van der Waals surface area contributed by atoms with Gasteiger partial charge in [-0.15, -0.1) is 0 Å². The molecule has 0 saturated heterocycles. The summed E-state index contributed by atoms with van der Waals surface area (Å²) in [6.07, 6.45) is 3.26. The van der Waals surface area contributed by atoms with E-state index >= 15 is 0 Å². The van der Waals surface area contributed by atoms with Gasteiger partial charge in [-0.05, 0) is 35.4 Å². The zero-order valence-corrected chi connectivity index (χ0v) is 14.6. The van der Waals surface area contributed by atoms with Gasteiger partial charge in [-0.2, -0.15) is 0 Å². The van der Waals surface area contributed by atoms with E-state index < -0.39 is 0 Å². The second kappa shape index (κ2) is 6.58. The topological polar surface area (TPSA) is 32.9 Å². The Balaban J connectivity index is 2.16. The van der Waals surface area contributed by atoms with Crippen LogP contribution in [0.15, 0.2) is 53.6 Å². The maximum Gasteiger partial charge on any atom is 0.197 e. The van der Waals surface area contributed by atoms with Gasteiger partial charge < -0.3 is 4.98 Å². The number of benzene rings is 2. The van der Waals surface area contributed by atoms with Crippen LogP contribution in [0.25, 0.3) is 22.3 Å². The Labute approximate surface area is 152 Å². The highest BCUT2D eigenvalue weighted by molar-refractivity contribution is 6.42. The summed E-state index contributed by atoms with van der Waals surface area (Å²) in [7, 11) is 0. The predicted molar refractivity (Wildman–Crippen MR) is 98.0 cm³/mol. The van der Waals surface area contributed by atoms with E-state index in [4.69, 9.17) is 46.4 Å². The summed E-state index contributed by atoms with van der Waals surface area (Å²) < 4.78 is 0. The summed E-state index contributed by atoms with van der Waals surface area (Å²) in [6, 6.07) is 10.1. The van der Waals surface area contributed by atoms with Crippen LogP contribution in [0.5, 0.6) is 0 Å². The molecule has 0 aliphatic carbocycles. The van der Waals surface area contributed by atoms with Crippen molar-refractivity contribution in [3.8, 4) is 22.3 Å². The fourth-order valence-corrected chi connectivity index (χ4v) is 2.84. The molecule has 0 aliphatic heterocycles. The highest BCUT2D eigenvalue weighted by Crippen LogP contribution is 2.29. The van der Waals surface area contributed by atoms with Crippen molar-refractivity contribution in [1.29, 1.82) is 0 Å². The summed E-state index contributed by atoms with van der Waals surface area (Å²) in [5.74, 6) is 0. The quantitative estimate of drug-likeness (QED) is 0.550. The Morgan fingerprint density at radius 3 is 1.48 bits per heavy atom. The third-order valence-electron chi connectivity index (χ3n) is 3.41. The van der Waals surface area contributed by atoms with Crippen molar-refractivity contribution in [2.45, 2.75) is 0 Å². The Morgan fingerprint density at radius 1 is 0.652 bits per heavy atom. The van der Waals surface area contributed by atoms with Crippen LogP contribution in [0.3, 0.4) is 0 Å². The second-order valence-corrected chi connectivity index (χ2v) is 6.50. The molecule has 1 N–H and O–H groups in total. The lowest BCUT2D eigenvalue weighted by atomic mass is 10.0. The van der Waals surface area contributed by atoms with Crippen LogP contribution in [-0.4, -0.2) is 4.98 Å². The zero-order chi connectivity index (χ0) is 16.6. The molecule has 0 atom stereocenters. The molecule has 1 aromatic heterocycles. The Kier molecular flexibility index (Phi) is 4.69. The summed E-state index contributed by atoms with van der Waals surface area (Å²) in [5, 5.41) is 1.66. The van der Waals surface area contributed by atoms with Crippen molar-refractivity contribution in [2.75, 3.05) is 0 Å². The predicted octanol–water partition coefficient (Wildman–Crippen LogP) is 6.32. The molecule has 0 aliphatic rings. The SMILES string of the molecule is O=c1c(-c2ccc(Cl)c(Cl)c2)c[nH]cc1-c1ccc(Cl)c(Cl)c1. The third kappa shape index (κ3) is 3.26. The molecule has 0 bridgehead atoms. The summed E-state index contributed by atoms with van der Waals surface area (Å²) in [4.78, 5) is 15.8. The molecular formula is C17H9Cl4NO. The number of aromatic amines is 1. The van der Waals surface area contributed by atoms with Crippen molar-refractivity contribution in [3.05, 3.63) is 79.1 Å². The number of halogens is 4. The van der Waals surface area contributed by atoms with Gasteiger partial charge in [-0.25, -0.2) is 0 Å². The number of aromatic nitrogens is 1. The van der Waals surface area contributed by atoms with Gasteiger partial charge >= 0.3 is 0 Å². The van der Waals surface area contributed by atoms with Gasteiger partial charge in [0.15, 0.2) is 5.43 Å². The summed E-state index contributed by atoms with van der Waals surface area (Å²) in [6.45, 7) is 0. The van der Waals surface area contributed by atoms with E-state index in [-0.39, 0.29) is 5.43 Å². The van der Waals surface area contributed by atoms with E-state index in [0.717, 1.165) is 0 Å².